The number of aromatic nitrogens is 1. The van der Waals surface area contributed by atoms with Gasteiger partial charge in [-0.25, -0.2) is 0 Å². The van der Waals surface area contributed by atoms with Gasteiger partial charge in [0.25, 0.3) is 5.91 Å². The smallest absolute Gasteiger partial charge is 0.266 e. The number of carbonyl (C=O) groups excluding carboxylic acids is 1. The molecule has 4 nitrogen and oxygen atoms in total. The third-order valence-corrected chi connectivity index (χ3v) is 5.56. The zero-order valence-corrected chi connectivity index (χ0v) is 16.7. The molecular formula is C22H24ClN3O. The summed E-state index contributed by atoms with van der Waals surface area (Å²) in [6, 6.07) is 9.92. The number of nitrogens with one attached hydrogen (secondary N) is 1. The maximum atomic E-state index is 12.6. The van der Waals surface area contributed by atoms with Crippen molar-refractivity contribution in [3.05, 3.63) is 57.4 Å². The summed E-state index contributed by atoms with van der Waals surface area (Å²) in [6.45, 7) is 6.03. The van der Waals surface area contributed by atoms with Gasteiger partial charge in [0.1, 0.15) is 11.6 Å². The van der Waals surface area contributed by atoms with Gasteiger partial charge in [0.15, 0.2) is 0 Å². The predicted molar refractivity (Wildman–Crippen MR) is 110 cm³/mol. The highest BCUT2D eigenvalue weighted by atomic mass is 35.5. The highest BCUT2D eigenvalue weighted by Gasteiger charge is 2.21. The molecular weight excluding hydrogens is 358 g/mol. The first-order valence-electron chi connectivity index (χ1n) is 9.28. The van der Waals surface area contributed by atoms with Crippen LogP contribution in [0.25, 0.3) is 6.08 Å². The van der Waals surface area contributed by atoms with E-state index < -0.39 is 5.91 Å². The number of rotatable bonds is 4. The Bertz CT molecular complexity index is 943. The maximum Gasteiger partial charge on any atom is 0.266 e. The lowest BCUT2D eigenvalue weighted by Gasteiger charge is -2.17. The summed E-state index contributed by atoms with van der Waals surface area (Å²) in [5.41, 5.74) is 4.80. The van der Waals surface area contributed by atoms with Gasteiger partial charge < -0.3 is 9.88 Å². The fourth-order valence-electron chi connectivity index (χ4n) is 3.90. The topological polar surface area (TPSA) is 57.8 Å². The lowest BCUT2D eigenvalue weighted by atomic mass is 10.1. The molecule has 1 aromatic heterocycles. The van der Waals surface area contributed by atoms with E-state index in [1.54, 1.807) is 18.2 Å². The van der Waals surface area contributed by atoms with Gasteiger partial charge in [-0.1, -0.05) is 30.5 Å². The molecule has 1 aliphatic rings. The summed E-state index contributed by atoms with van der Waals surface area (Å²) in [6.07, 6.45) is 6.59. The minimum Gasteiger partial charge on any atom is -0.346 e. The summed E-state index contributed by atoms with van der Waals surface area (Å²) >= 11 is 6.01. The molecule has 1 saturated carbocycles. The van der Waals surface area contributed by atoms with E-state index in [0.717, 1.165) is 16.8 Å². The molecule has 5 heteroatoms. The monoisotopic (exact) mass is 381 g/mol. The van der Waals surface area contributed by atoms with Crippen molar-refractivity contribution >= 4 is 29.3 Å². The first-order valence-corrected chi connectivity index (χ1v) is 9.66. The Labute approximate surface area is 165 Å². The second-order valence-corrected chi connectivity index (χ2v) is 7.65. The Morgan fingerprint density at radius 2 is 1.96 bits per heavy atom. The van der Waals surface area contributed by atoms with Crippen LogP contribution in [0.5, 0.6) is 0 Å². The van der Waals surface area contributed by atoms with E-state index in [4.69, 9.17) is 11.6 Å². The number of anilines is 1. The average Bonchev–Trinajstić information content (AvgIpc) is 3.24. The minimum atomic E-state index is -0.423. The van der Waals surface area contributed by atoms with Crippen molar-refractivity contribution < 1.29 is 4.79 Å². The highest BCUT2D eigenvalue weighted by molar-refractivity contribution is 6.31. The molecule has 3 rings (SSSR count). The van der Waals surface area contributed by atoms with E-state index in [0.29, 0.717) is 16.8 Å². The molecule has 140 valence electrons. The molecule has 1 heterocycles. The number of benzene rings is 1. The first kappa shape index (κ1) is 19.3. The normalized spacial score (nSPS) is 15.0. The Balaban J connectivity index is 1.88. The number of nitrogens with zero attached hydrogens (tertiary/aromatic N) is 2. The molecule has 0 spiro atoms. The fraction of sp³-hybridized carbons (Fsp3) is 0.364. The van der Waals surface area contributed by atoms with Crippen LogP contribution in [0.3, 0.4) is 0 Å². The van der Waals surface area contributed by atoms with Crippen molar-refractivity contribution in [2.75, 3.05) is 5.32 Å². The van der Waals surface area contributed by atoms with Gasteiger partial charge in [-0.2, -0.15) is 5.26 Å². The van der Waals surface area contributed by atoms with Gasteiger partial charge in [0, 0.05) is 28.1 Å². The minimum absolute atomic E-state index is 0.0843. The van der Waals surface area contributed by atoms with Crippen molar-refractivity contribution in [3.63, 3.8) is 0 Å². The largest absolute Gasteiger partial charge is 0.346 e. The summed E-state index contributed by atoms with van der Waals surface area (Å²) < 4.78 is 2.35. The van der Waals surface area contributed by atoms with Gasteiger partial charge in [-0.15, -0.1) is 0 Å². The SMILES string of the molecule is Cc1ccc(Cl)cc1NC(=O)/C(C#N)=C\c1cc(C)n(C2CCCC2)c1C. The van der Waals surface area contributed by atoms with Crippen LogP contribution < -0.4 is 5.32 Å². The van der Waals surface area contributed by atoms with E-state index in [-0.39, 0.29) is 5.57 Å². The predicted octanol–water partition coefficient (Wildman–Crippen LogP) is 5.73. The highest BCUT2D eigenvalue weighted by Crippen LogP contribution is 2.34. The summed E-state index contributed by atoms with van der Waals surface area (Å²) in [7, 11) is 0. The van der Waals surface area contributed by atoms with Gasteiger partial charge in [0.05, 0.1) is 0 Å². The molecule has 0 aliphatic heterocycles. The molecule has 1 aliphatic carbocycles. The van der Waals surface area contributed by atoms with Crippen LogP contribution in [0.4, 0.5) is 5.69 Å². The van der Waals surface area contributed by atoms with Crippen molar-refractivity contribution in [2.45, 2.75) is 52.5 Å². The van der Waals surface area contributed by atoms with Crippen LogP contribution in [-0.4, -0.2) is 10.5 Å². The standard InChI is InChI=1S/C22H24ClN3O/c1-14-8-9-19(23)12-21(14)25-22(27)18(13-24)11-17-10-15(2)26(16(17)3)20-6-4-5-7-20/h8-12,20H,4-7H2,1-3H3,(H,25,27)/b18-11-. The number of nitriles is 1. The molecule has 0 unspecified atom stereocenters. The van der Waals surface area contributed by atoms with Crippen LogP contribution in [-0.2, 0) is 4.79 Å². The fourth-order valence-corrected chi connectivity index (χ4v) is 4.07. The van der Waals surface area contributed by atoms with Crippen LogP contribution in [0, 0.1) is 32.1 Å². The average molecular weight is 382 g/mol. The Kier molecular flexibility index (Phi) is 5.72. The number of carbonyl (C=O) groups is 1. The molecule has 1 amide bonds. The second kappa shape index (κ2) is 8.02. The lowest BCUT2D eigenvalue weighted by molar-refractivity contribution is -0.112. The zero-order chi connectivity index (χ0) is 19.6. The molecule has 0 saturated heterocycles. The molecule has 1 aromatic carbocycles. The first-order chi connectivity index (χ1) is 12.9. The van der Waals surface area contributed by atoms with E-state index in [9.17, 15) is 10.1 Å². The molecule has 1 fully saturated rings. The number of hydrogen-bond donors (Lipinski definition) is 1. The van der Waals surface area contributed by atoms with Crippen LogP contribution in [0.2, 0.25) is 5.02 Å². The number of halogens is 1. The van der Waals surface area contributed by atoms with Gasteiger partial charge >= 0.3 is 0 Å². The van der Waals surface area contributed by atoms with Crippen LogP contribution in [0.15, 0.2) is 29.8 Å². The van der Waals surface area contributed by atoms with Gasteiger partial charge in [0.2, 0.25) is 0 Å². The van der Waals surface area contributed by atoms with E-state index >= 15 is 0 Å². The quantitative estimate of drug-likeness (QED) is 0.543. The van der Waals surface area contributed by atoms with Gasteiger partial charge in [-0.3, -0.25) is 4.79 Å². The number of aryl methyl sites for hydroxylation is 2. The summed E-state index contributed by atoms with van der Waals surface area (Å²) in [5.74, 6) is -0.423. The van der Waals surface area contributed by atoms with Crippen LogP contribution in [0.1, 0.15) is 54.2 Å². The number of amides is 1. The van der Waals surface area contributed by atoms with E-state index in [2.05, 4.69) is 29.8 Å². The van der Waals surface area contributed by atoms with Crippen molar-refractivity contribution in [1.29, 1.82) is 5.26 Å². The second-order valence-electron chi connectivity index (χ2n) is 7.22. The molecule has 1 N–H and O–H groups in total. The lowest BCUT2D eigenvalue weighted by Crippen LogP contribution is -2.14. The van der Waals surface area contributed by atoms with Crippen molar-refractivity contribution in [2.24, 2.45) is 0 Å². The molecule has 27 heavy (non-hydrogen) atoms. The zero-order valence-electron chi connectivity index (χ0n) is 16.0. The molecule has 0 radical (unpaired) electrons. The van der Waals surface area contributed by atoms with Crippen molar-refractivity contribution in [1.82, 2.24) is 4.57 Å². The Morgan fingerprint density at radius 1 is 1.26 bits per heavy atom. The molecule has 0 atom stereocenters. The van der Waals surface area contributed by atoms with E-state index in [1.807, 2.05) is 19.1 Å². The van der Waals surface area contributed by atoms with Crippen molar-refractivity contribution in [3.8, 4) is 6.07 Å². The Hall–Kier alpha value is -2.51. The van der Waals surface area contributed by atoms with Gasteiger partial charge in [-0.05, 0) is 69.0 Å². The third kappa shape index (κ3) is 4.09. The molecule has 0 bridgehead atoms. The summed E-state index contributed by atoms with van der Waals surface area (Å²) in [4.78, 5) is 12.6. The van der Waals surface area contributed by atoms with E-state index in [1.165, 1.54) is 31.4 Å². The molecule has 2 aromatic rings. The Morgan fingerprint density at radius 3 is 2.63 bits per heavy atom. The summed E-state index contributed by atoms with van der Waals surface area (Å²) in [5, 5.41) is 12.9. The maximum absolute atomic E-state index is 12.6. The third-order valence-electron chi connectivity index (χ3n) is 5.33. The number of hydrogen-bond acceptors (Lipinski definition) is 2. The van der Waals surface area contributed by atoms with Crippen LogP contribution >= 0.6 is 11.6 Å².